The smallest absolute Gasteiger partial charge is 0.325 e. The SMILES string of the molecule is COCCN1C(=O)N(c2ccccc2)[C@@H]2[C@H](c3cnccn3)CC[C@@H]21. The van der Waals surface area contributed by atoms with Crippen molar-refractivity contribution in [3.8, 4) is 0 Å². The minimum atomic E-state index is 0.0619. The van der Waals surface area contributed by atoms with Crippen molar-refractivity contribution in [2.45, 2.75) is 30.8 Å². The first-order valence-corrected chi connectivity index (χ1v) is 8.71. The molecular weight excluding hydrogens is 316 g/mol. The molecule has 2 aliphatic rings. The Hall–Kier alpha value is -2.47. The Kier molecular flexibility index (Phi) is 4.36. The highest BCUT2D eigenvalue weighted by atomic mass is 16.5. The van der Waals surface area contributed by atoms with Crippen LogP contribution < -0.4 is 4.90 Å². The number of para-hydroxylation sites is 1. The van der Waals surface area contributed by atoms with Crippen molar-refractivity contribution >= 4 is 11.7 Å². The van der Waals surface area contributed by atoms with E-state index in [4.69, 9.17) is 4.74 Å². The van der Waals surface area contributed by atoms with E-state index in [9.17, 15) is 4.79 Å². The van der Waals surface area contributed by atoms with Gasteiger partial charge >= 0.3 is 6.03 Å². The molecule has 1 aromatic heterocycles. The zero-order valence-electron chi connectivity index (χ0n) is 14.3. The Morgan fingerprint density at radius 2 is 2.04 bits per heavy atom. The van der Waals surface area contributed by atoms with Gasteiger partial charge < -0.3 is 9.64 Å². The average Bonchev–Trinajstić information content (AvgIpc) is 3.19. The molecule has 1 saturated heterocycles. The van der Waals surface area contributed by atoms with Crippen molar-refractivity contribution in [2.75, 3.05) is 25.2 Å². The largest absolute Gasteiger partial charge is 0.383 e. The van der Waals surface area contributed by atoms with Crippen LogP contribution in [0, 0.1) is 0 Å². The molecule has 2 heterocycles. The quantitative estimate of drug-likeness (QED) is 0.841. The normalized spacial score (nSPS) is 25.5. The van der Waals surface area contributed by atoms with Crippen molar-refractivity contribution in [2.24, 2.45) is 0 Å². The summed E-state index contributed by atoms with van der Waals surface area (Å²) in [5.41, 5.74) is 1.91. The number of carbonyl (C=O) groups is 1. The zero-order chi connectivity index (χ0) is 17.2. The first kappa shape index (κ1) is 16.0. The number of carbonyl (C=O) groups excluding carboxylic acids is 1. The molecule has 130 valence electrons. The molecule has 0 N–H and O–H groups in total. The lowest BCUT2D eigenvalue weighted by Crippen LogP contribution is -2.38. The molecule has 6 heteroatoms. The number of urea groups is 1. The summed E-state index contributed by atoms with van der Waals surface area (Å²) >= 11 is 0. The molecule has 2 aromatic rings. The van der Waals surface area contributed by atoms with Gasteiger partial charge in [-0.3, -0.25) is 14.9 Å². The molecule has 25 heavy (non-hydrogen) atoms. The fraction of sp³-hybridized carbons (Fsp3) is 0.421. The molecule has 1 saturated carbocycles. The Morgan fingerprint density at radius 1 is 1.20 bits per heavy atom. The topological polar surface area (TPSA) is 58.6 Å². The Labute approximate surface area is 147 Å². The van der Waals surface area contributed by atoms with Gasteiger partial charge in [-0.2, -0.15) is 0 Å². The van der Waals surface area contributed by atoms with Crippen LogP contribution in [-0.2, 0) is 4.74 Å². The number of amides is 2. The van der Waals surface area contributed by atoms with Crippen molar-refractivity contribution in [1.29, 1.82) is 0 Å². The molecule has 0 unspecified atom stereocenters. The lowest BCUT2D eigenvalue weighted by Gasteiger charge is -2.27. The van der Waals surface area contributed by atoms with E-state index in [0.717, 1.165) is 24.2 Å². The summed E-state index contributed by atoms with van der Waals surface area (Å²) in [5, 5.41) is 0. The summed E-state index contributed by atoms with van der Waals surface area (Å²) in [4.78, 5) is 25.8. The van der Waals surface area contributed by atoms with Crippen LogP contribution >= 0.6 is 0 Å². The second-order valence-corrected chi connectivity index (χ2v) is 6.55. The Bertz CT molecular complexity index is 725. The van der Waals surface area contributed by atoms with Crippen LogP contribution in [0.1, 0.15) is 24.5 Å². The summed E-state index contributed by atoms with van der Waals surface area (Å²) in [6, 6.07) is 10.3. The number of anilines is 1. The molecule has 0 radical (unpaired) electrons. The molecule has 3 atom stereocenters. The molecule has 2 fully saturated rings. The third-order valence-corrected chi connectivity index (χ3v) is 5.26. The number of ether oxygens (including phenoxy) is 1. The van der Waals surface area contributed by atoms with E-state index < -0.39 is 0 Å². The van der Waals surface area contributed by atoms with Crippen molar-refractivity contribution in [3.05, 3.63) is 54.6 Å². The maximum absolute atomic E-state index is 13.2. The average molecular weight is 338 g/mol. The lowest BCUT2D eigenvalue weighted by molar-refractivity contribution is 0.146. The van der Waals surface area contributed by atoms with E-state index in [1.165, 1.54) is 0 Å². The maximum Gasteiger partial charge on any atom is 0.325 e. The van der Waals surface area contributed by atoms with E-state index in [1.807, 2.05) is 46.3 Å². The van der Waals surface area contributed by atoms with E-state index in [-0.39, 0.29) is 24.0 Å². The summed E-state index contributed by atoms with van der Waals surface area (Å²) in [7, 11) is 1.67. The second kappa shape index (κ2) is 6.80. The van der Waals surface area contributed by atoms with Crippen LogP contribution in [0.15, 0.2) is 48.9 Å². The highest BCUT2D eigenvalue weighted by Gasteiger charge is 2.53. The number of fused-ring (bicyclic) bond motifs is 1. The minimum Gasteiger partial charge on any atom is -0.383 e. The van der Waals surface area contributed by atoms with Gasteiger partial charge in [0.1, 0.15) is 0 Å². The van der Waals surface area contributed by atoms with Gasteiger partial charge in [0.25, 0.3) is 0 Å². The number of nitrogens with zero attached hydrogens (tertiary/aromatic N) is 4. The molecular formula is C19H22N4O2. The van der Waals surface area contributed by atoms with Crippen molar-refractivity contribution < 1.29 is 9.53 Å². The number of aromatic nitrogens is 2. The zero-order valence-corrected chi connectivity index (χ0v) is 14.3. The molecule has 1 aliphatic carbocycles. The number of hydrogen-bond acceptors (Lipinski definition) is 4. The maximum atomic E-state index is 13.2. The predicted molar refractivity (Wildman–Crippen MR) is 94.5 cm³/mol. The number of rotatable bonds is 5. The van der Waals surface area contributed by atoms with E-state index in [0.29, 0.717) is 13.2 Å². The first-order valence-electron chi connectivity index (χ1n) is 8.71. The van der Waals surface area contributed by atoms with Crippen molar-refractivity contribution in [3.63, 3.8) is 0 Å². The van der Waals surface area contributed by atoms with E-state index in [1.54, 1.807) is 19.5 Å². The van der Waals surface area contributed by atoms with Gasteiger partial charge in [0, 0.05) is 43.9 Å². The fourth-order valence-electron chi connectivity index (χ4n) is 4.21. The number of benzene rings is 1. The number of methoxy groups -OCH3 is 1. The fourth-order valence-corrected chi connectivity index (χ4v) is 4.21. The minimum absolute atomic E-state index is 0.0619. The molecule has 1 aromatic carbocycles. The monoisotopic (exact) mass is 338 g/mol. The molecule has 6 nitrogen and oxygen atoms in total. The van der Waals surface area contributed by atoms with Gasteiger partial charge in [-0.15, -0.1) is 0 Å². The lowest BCUT2D eigenvalue weighted by atomic mass is 9.97. The number of hydrogen-bond donors (Lipinski definition) is 0. The summed E-state index contributed by atoms with van der Waals surface area (Å²) in [5.74, 6) is 0.204. The van der Waals surface area contributed by atoms with Crippen LogP contribution in [0.3, 0.4) is 0 Å². The standard InChI is InChI=1S/C19H22N4O2/c1-25-12-11-22-17-8-7-15(16-13-20-9-10-21-16)18(17)23(19(22)24)14-5-3-2-4-6-14/h2-6,9-10,13,15,17-18H,7-8,11-12H2,1H3/t15-,17-,18+/m0/s1. The summed E-state index contributed by atoms with van der Waals surface area (Å²) in [6.45, 7) is 1.17. The van der Waals surface area contributed by atoms with Gasteiger partial charge in [0.05, 0.1) is 24.4 Å². The Balaban J connectivity index is 1.72. The molecule has 0 bridgehead atoms. The van der Waals surface area contributed by atoms with Crippen molar-refractivity contribution in [1.82, 2.24) is 14.9 Å². The molecule has 1 aliphatic heterocycles. The Morgan fingerprint density at radius 3 is 2.76 bits per heavy atom. The van der Waals surface area contributed by atoms with Crippen LogP contribution in [0.5, 0.6) is 0 Å². The van der Waals surface area contributed by atoms with Crippen LogP contribution in [-0.4, -0.2) is 53.2 Å². The van der Waals surface area contributed by atoms with Crippen LogP contribution in [0.25, 0.3) is 0 Å². The van der Waals surface area contributed by atoms with Gasteiger partial charge in [-0.05, 0) is 25.0 Å². The van der Waals surface area contributed by atoms with E-state index >= 15 is 0 Å². The third kappa shape index (κ3) is 2.76. The second-order valence-electron chi connectivity index (χ2n) is 6.55. The summed E-state index contributed by atoms with van der Waals surface area (Å²) < 4.78 is 5.22. The molecule has 2 amide bonds. The van der Waals surface area contributed by atoms with E-state index in [2.05, 4.69) is 9.97 Å². The highest BCUT2D eigenvalue weighted by molar-refractivity contribution is 5.96. The van der Waals surface area contributed by atoms with Gasteiger partial charge in [-0.25, -0.2) is 4.79 Å². The highest BCUT2D eigenvalue weighted by Crippen LogP contribution is 2.45. The van der Waals surface area contributed by atoms with Crippen LogP contribution in [0.2, 0.25) is 0 Å². The molecule has 4 rings (SSSR count). The predicted octanol–water partition coefficient (Wildman–Crippen LogP) is 2.68. The first-order chi connectivity index (χ1) is 12.3. The van der Waals surface area contributed by atoms with Gasteiger partial charge in [-0.1, -0.05) is 18.2 Å². The summed E-state index contributed by atoms with van der Waals surface area (Å²) in [6.07, 6.45) is 7.24. The third-order valence-electron chi connectivity index (χ3n) is 5.26. The molecule has 0 spiro atoms. The van der Waals surface area contributed by atoms with Gasteiger partial charge in [0.2, 0.25) is 0 Å². The van der Waals surface area contributed by atoms with Crippen LogP contribution in [0.4, 0.5) is 10.5 Å². The van der Waals surface area contributed by atoms with Gasteiger partial charge in [0.15, 0.2) is 0 Å².